The Morgan fingerprint density at radius 3 is 2.44 bits per heavy atom. The number of nitrogens with zero attached hydrogens (tertiary/aromatic N) is 1. The molecule has 0 bridgehead atoms. The molecule has 4 rings (SSSR count). The largest absolute Gasteiger partial charge is 0.359 e. The highest BCUT2D eigenvalue weighted by atomic mass is 16.2. The number of carbonyl (C=O) groups is 1. The first-order valence-electron chi connectivity index (χ1n) is 8.77. The van der Waals surface area contributed by atoms with E-state index in [2.05, 4.69) is 20.6 Å². The van der Waals surface area contributed by atoms with Gasteiger partial charge in [-0.1, -0.05) is 18.2 Å². The van der Waals surface area contributed by atoms with Crippen molar-refractivity contribution in [2.24, 2.45) is 0 Å². The van der Waals surface area contributed by atoms with Crippen LogP contribution in [0, 0.1) is 13.8 Å². The van der Waals surface area contributed by atoms with Crippen molar-refractivity contribution in [2.45, 2.75) is 13.8 Å². The summed E-state index contributed by atoms with van der Waals surface area (Å²) >= 11 is 0. The van der Waals surface area contributed by atoms with Gasteiger partial charge >= 0.3 is 6.03 Å². The van der Waals surface area contributed by atoms with Crippen LogP contribution in [0.3, 0.4) is 0 Å². The molecule has 5 nitrogen and oxygen atoms in total. The van der Waals surface area contributed by atoms with Gasteiger partial charge in [0.05, 0.1) is 11.7 Å². The van der Waals surface area contributed by atoms with Gasteiger partial charge in [0, 0.05) is 34.7 Å². The minimum Gasteiger partial charge on any atom is -0.359 e. The number of amides is 2. The Morgan fingerprint density at radius 2 is 1.67 bits per heavy atom. The molecule has 0 aliphatic heterocycles. The first-order valence-corrected chi connectivity index (χ1v) is 8.77. The van der Waals surface area contributed by atoms with Crippen molar-refractivity contribution >= 4 is 28.3 Å². The molecule has 0 saturated heterocycles. The van der Waals surface area contributed by atoms with Gasteiger partial charge in [-0.25, -0.2) is 4.79 Å². The third kappa shape index (κ3) is 3.53. The van der Waals surface area contributed by atoms with Crippen LogP contribution in [0.2, 0.25) is 0 Å². The van der Waals surface area contributed by atoms with Crippen molar-refractivity contribution in [3.8, 4) is 11.1 Å². The van der Waals surface area contributed by atoms with Crippen LogP contribution in [-0.2, 0) is 0 Å². The second-order valence-corrected chi connectivity index (χ2v) is 6.58. The molecule has 0 saturated carbocycles. The highest BCUT2D eigenvalue weighted by Crippen LogP contribution is 2.28. The number of nitrogens with one attached hydrogen (secondary N) is 3. The van der Waals surface area contributed by atoms with Crippen LogP contribution in [-0.4, -0.2) is 16.0 Å². The first-order chi connectivity index (χ1) is 13.1. The molecule has 0 unspecified atom stereocenters. The Morgan fingerprint density at radius 1 is 0.926 bits per heavy atom. The standard InChI is InChI=1S/C22H20N4O/c1-14-3-6-18(11-15(14)2)26-22(27)25-17-7-4-16(5-8-17)20-12-24-21-13-23-10-9-19(20)21/h3-13,24H,1-2H3,(H2,25,26,27). The van der Waals surface area contributed by atoms with Crippen molar-refractivity contribution in [1.29, 1.82) is 0 Å². The van der Waals surface area contributed by atoms with Crippen molar-refractivity contribution in [1.82, 2.24) is 9.97 Å². The lowest BCUT2D eigenvalue weighted by Gasteiger charge is -2.10. The number of anilines is 2. The highest BCUT2D eigenvalue weighted by Gasteiger charge is 2.07. The van der Waals surface area contributed by atoms with Gasteiger partial charge in [0.2, 0.25) is 0 Å². The Hall–Kier alpha value is -3.60. The van der Waals surface area contributed by atoms with Crippen LogP contribution in [0.4, 0.5) is 16.2 Å². The number of hydrogen-bond donors (Lipinski definition) is 3. The number of hydrogen-bond acceptors (Lipinski definition) is 2. The number of aromatic nitrogens is 2. The summed E-state index contributed by atoms with van der Waals surface area (Å²) < 4.78 is 0. The third-order valence-electron chi connectivity index (χ3n) is 4.70. The van der Waals surface area contributed by atoms with E-state index in [1.807, 2.05) is 74.8 Å². The molecule has 0 aliphatic rings. The highest BCUT2D eigenvalue weighted by molar-refractivity contribution is 6.00. The molecular formula is C22H20N4O. The van der Waals surface area contributed by atoms with Gasteiger partial charge in [-0.05, 0) is 60.9 Å². The molecular weight excluding hydrogens is 336 g/mol. The van der Waals surface area contributed by atoms with Gasteiger partial charge in [-0.2, -0.15) is 0 Å². The molecule has 2 heterocycles. The third-order valence-corrected chi connectivity index (χ3v) is 4.70. The number of rotatable bonds is 3. The fourth-order valence-corrected chi connectivity index (χ4v) is 3.06. The SMILES string of the molecule is Cc1ccc(NC(=O)Nc2ccc(-c3c[nH]c4cnccc34)cc2)cc1C. The fraction of sp³-hybridized carbons (Fsp3) is 0.0909. The zero-order valence-corrected chi connectivity index (χ0v) is 15.2. The van der Waals surface area contributed by atoms with E-state index in [4.69, 9.17) is 0 Å². The van der Waals surface area contributed by atoms with E-state index in [0.29, 0.717) is 0 Å². The van der Waals surface area contributed by atoms with E-state index in [-0.39, 0.29) is 6.03 Å². The number of fused-ring (bicyclic) bond motifs is 1. The molecule has 134 valence electrons. The van der Waals surface area contributed by atoms with Crippen LogP contribution in [0.1, 0.15) is 11.1 Å². The topological polar surface area (TPSA) is 69.8 Å². The second kappa shape index (κ2) is 6.96. The van der Waals surface area contributed by atoms with E-state index in [1.165, 1.54) is 5.56 Å². The molecule has 3 N–H and O–H groups in total. The number of carbonyl (C=O) groups excluding carboxylic acids is 1. The zero-order valence-electron chi connectivity index (χ0n) is 15.2. The molecule has 27 heavy (non-hydrogen) atoms. The lowest BCUT2D eigenvalue weighted by atomic mass is 10.1. The molecule has 0 spiro atoms. The average molecular weight is 356 g/mol. The monoisotopic (exact) mass is 356 g/mol. The molecule has 4 aromatic rings. The molecule has 0 aliphatic carbocycles. The summed E-state index contributed by atoms with van der Waals surface area (Å²) in [5, 5.41) is 6.85. The van der Waals surface area contributed by atoms with Gasteiger partial charge in [-0.3, -0.25) is 4.98 Å². The summed E-state index contributed by atoms with van der Waals surface area (Å²) in [5.41, 5.74) is 7.05. The second-order valence-electron chi connectivity index (χ2n) is 6.58. The first kappa shape index (κ1) is 16.8. The van der Waals surface area contributed by atoms with Crippen molar-refractivity contribution < 1.29 is 4.79 Å². The van der Waals surface area contributed by atoms with Crippen molar-refractivity contribution in [3.05, 3.63) is 78.2 Å². The predicted molar refractivity (Wildman–Crippen MR) is 110 cm³/mol. The molecule has 0 radical (unpaired) electrons. The Kier molecular flexibility index (Phi) is 4.34. The van der Waals surface area contributed by atoms with E-state index >= 15 is 0 Å². The molecule has 5 heteroatoms. The summed E-state index contributed by atoms with van der Waals surface area (Å²) in [6.07, 6.45) is 5.57. The van der Waals surface area contributed by atoms with Gasteiger partial charge < -0.3 is 15.6 Å². The normalized spacial score (nSPS) is 10.7. The minimum absolute atomic E-state index is 0.260. The number of H-pyrrole nitrogens is 1. The zero-order chi connectivity index (χ0) is 18.8. The average Bonchev–Trinajstić information content (AvgIpc) is 3.09. The maximum absolute atomic E-state index is 12.2. The minimum atomic E-state index is -0.260. The van der Waals surface area contributed by atoms with Crippen LogP contribution in [0.25, 0.3) is 22.0 Å². The summed E-state index contributed by atoms with van der Waals surface area (Å²) in [4.78, 5) is 19.6. The van der Waals surface area contributed by atoms with E-state index in [9.17, 15) is 4.79 Å². The number of aryl methyl sites for hydroxylation is 2. The molecule has 0 atom stereocenters. The summed E-state index contributed by atoms with van der Waals surface area (Å²) in [7, 11) is 0. The summed E-state index contributed by atoms with van der Waals surface area (Å²) in [6.45, 7) is 4.07. The summed E-state index contributed by atoms with van der Waals surface area (Å²) in [6, 6.07) is 15.4. The summed E-state index contributed by atoms with van der Waals surface area (Å²) in [5.74, 6) is 0. The number of pyridine rings is 1. The van der Waals surface area contributed by atoms with Crippen molar-refractivity contribution in [2.75, 3.05) is 10.6 Å². The van der Waals surface area contributed by atoms with Gasteiger partial charge in [0.15, 0.2) is 0 Å². The van der Waals surface area contributed by atoms with E-state index in [1.54, 1.807) is 6.20 Å². The number of benzene rings is 2. The lowest BCUT2D eigenvalue weighted by molar-refractivity contribution is 0.262. The van der Waals surface area contributed by atoms with Crippen LogP contribution < -0.4 is 10.6 Å². The Balaban J connectivity index is 1.47. The predicted octanol–water partition coefficient (Wildman–Crippen LogP) is 5.49. The van der Waals surface area contributed by atoms with E-state index < -0.39 is 0 Å². The van der Waals surface area contributed by atoms with Gasteiger partial charge in [0.25, 0.3) is 0 Å². The van der Waals surface area contributed by atoms with Crippen LogP contribution in [0.5, 0.6) is 0 Å². The fourth-order valence-electron chi connectivity index (χ4n) is 3.06. The van der Waals surface area contributed by atoms with Crippen LogP contribution in [0.15, 0.2) is 67.1 Å². The maximum Gasteiger partial charge on any atom is 0.323 e. The molecule has 2 aromatic heterocycles. The quantitative estimate of drug-likeness (QED) is 0.454. The lowest BCUT2D eigenvalue weighted by Crippen LogP contribution is -2.19. The molecule has 0 fully saturated rings. The molecule has 2 aromatic carbocycles. The Bertz CT molecular complexity index is 1110. The van der Waals surface area contributed by atoms with E-state index in [0.717, 1.165) is 39.0 Å². The van der Waals surface area contributed by atoms with Crippen LogP contribution >= 0.6 is 0 Å². The maximum atomic E-state index is 12.2. The van der Waals surface area contributed by atoms with Crippen molar-refractivity contribution in [3.63, 3.8) is 0 Å². The smallest absolute Gasteiger partial charge is 0.323 e. The van der Waals surface area contributed by atoms with Gasteiger partial charge in [-0.15, -0.1) is 0 Å². The number of aromatic amines is 1. The number of urea groups is 1. The van der Waals surface area contributed by atoms with Gasteiger partial charge in [0.1, 0.15) is 0 Å². The Labute approximate surface area is 157 Å². The molecule has 2 amide bonds.